The number of carboxylic acid groups (broad SMARTS) is 1. The van der Waals surface area contributed by atoms with Gasteiger partial charge in [0.05, 0.1) is 5.03 Å². The Morgan fingerprint density at radius 3 is 2.70 bits per heavy atom. The SMILES string of the molecule is Cc1cc(=O)n2c(c1-c1ccccc1)SC[C@@H]2C(=O)O. The minimum atomic E-state index is -0.957. The molecule has 1 aliphatic rings. The lowest BCUT2D eigenvalue weighted by molar-refractivity contribution is -0.140. The fourth-order valence-electron chi connectivity index (χ4n) is 2.52. The zero-order chi connectivity index (χ0) is 14.3. The van der Waals surface area contributed by atoms with E-state index < -0.39 is 12.0 Å². The van der Waals surface area contributed by atoms with Crippen LogP contribution >= 0.6 is 11.8 Å². The Morgan fingerprint density at radius 1 is 1.35 bits per heavy atom. The van der Waals surface area contributed by atoms with Crippen molar-refractivity contribution in [1.82, 2.24) is 4.57 Å². The minimum Gasteiger partial charge on any atom is -0.480 e. The Bertz CT molecular complexity index is 737. The quantitative estimate of drug-likeness (QED) is 0.922. The van der Waals surface area contributed by atoms with Gasteiger partial charge in [-0.15, -0.1) is 11.8 Å². The highest BCUT2D eigenvalue weighted by molar-refractivity contribution is 7.99. The van der Waals surface area contributed by atoms with E-state index in [1.54, 1.807) is 0 Å². The third-order valence-electron chi connectivity index (χ3n) is 3.44. The van der Waals surface area contributed by atoms with Gasteiger partial charge in [0.15, 0.2) is 0 Å². The highest BCUT2D eigenvalue weighted by Crippen LogP contribution is 2.40. The number of rotatable bonds is 2. The topological polar surface area (TPSA) is 59.3 Å². The molecule has 0 radical (unpaired) electrons. The van der Waals surface area contributed by atoms with Gasteiger partial charge in [-0.3, -0.25) is 9.36 Å². The average Bonchev–Trinajstić information content (AvgIpc) is 2.85. The molecule has 0 amide bonds. The number of nitrogens with zero attached hydrogens (tertiary/aromatic N) is 1. The first-order valence-corrected chi connectivity index (χ1v) is 7.25. The Balaban J connectivity index is 2.29. The van der Waals surface area contributed by atoms with Crippen molar-refractivity contribution in [1.29, 1.82) is 0 Å². The first-order valence-electron chi connectivity index (χ1n) is 6.27. The maximum Gasteiger partial charge on any atom is 0.327 e. The molecule has 20 heavy (non-hydrogen) atoms. The van der Waals surface area contributed by atoms with Crippen LogP contribution in [-0.2, 0) is 4.79 Å². The number of aryl methyl sites for hydroxylation is 1. The van der Waals surface area contributed by atoms with Crippen LogP contribution < -0.4 is 5.56 Å². The largest absolute Gasteiger partial charge is 0.480 e. The molecule has 0 saturated heterocycles. The van der Waals surface area contributed by atoms with Gasteiger partial charge in [-0.05, 0) is 18.1 Å². The lowest BCUT2D eigenvalue weighted by atomic mass is 10.0. The van der Waals surface area contributed by atoms with Crippen molar-refractivity contribution < 1.29 is 9.90 Å². The Morgan fingerprint density at radius 2 is 2.05 bits per heavy atom. The Hall–Kier alpha value is -2.01. The number of carboxylic acids is 1. The van der Waals surface area contributed by atoms with Crippen LogP contribution in [0.4, 0.5) is 0 Å². The lowest BCUT2D eigenvalue weighted by Gasteiger charge is -2.14. The lowest BCUT2D eigenvalue weighted by Crippen LogP contribution is -2.28. The van der Waals surface area contributed by atoms with E-state index in [4.69, 9.17) is 0 Å². The molecule has 0 bridgehead atoms. The maximum atomic E-state index is 12.1. The van der Waals surface area contributed by atoms with Crippen LogP contribution in [0.2, 0.25) is 0 Å². The molecule has 1 N–H and O–H groups in total. The van der Waals surface area contributed by atoms with Gasteiger partial charge in [0.2, 0.25) is 0 Å². The monoisotopic (exact) mass is 287 g/mol. The minimum absolute atomic E-state index is 0.241. The number of hydrogen-bond donors (Lipinski definition) is 1. The van der Waals surface area contributed by atoms with Crippen molar-refractivity contribution in [2.75, 3.05) is 5.75 Å². The summed E-state index contributed by atoms with van der Waals surface area (Å²) in [6.45, 7) is 1.89. The third kappa shape index (κ3) is 1.94. The van der Waals surface area contributed by atoms with Gasteiger partial charge in [0.1, 0.15) is 6.04 Å². The van der Waals surface area contributed by atoms with Gasteiger partial charge in [-0.25, -0.2) is 4.79 Å². The molecule has 0 spiro atoms. The third-order valence-corrected chi connectivity index (χ3v) is 4.60. The smallest absolute Gasteiger partial charge is 0.327 e. The van der Waals surface area contributed by atoms with Gasteiger partial charge in [0.25, 0.3) is 5.56 Å². The number of aromatic nitrogens is 1. The molecule has 3 rings (SSSR count). The van der Waals surface area contributed by atoms with Gasteiger partial charge in [-0.2, -0.15) is 0 Å². The molecule has 2 aromatic rings. The molecule has 0 unspecified atom stereocenters. The van der Waals surface area contributed by atoms with E-state index in [2.05, 4.69) is 0 Å². The van der Waals surface area contributed by atoms with Crippen molar-refractivity contribution >= 4 is 17.7 Å². The van der Waals surface area contributed by atoms with Crippen molar-refractivity contribution in [3.05, 3.63) is 52.3 Å². The van der Waals surface area contributed by atoms with Crippen molar-refractivity contribution in [2.45, 2.75) is 18.0 Å². The molecule has 1 aromatic heterocycles. The standard InChI is InChI=1S/C15H13NO3S/c1-9-7-12(17)16-11(15(18)19)8-20-14(16)13(9)10-5-3-2-4-6-10/h2-7,11H,8H2,1H3,(H,18,19)/t11-/m1/s1. The number of hydrogen-bond acceptors (Lipinski definition) is 3. The second-order valence-corrected chi connectivity index (χ2v) is 5.76. The molecule has 4 nitrogen and oxygen atoms in total. The van der Waals surface area contributed by atoms with E-state index in [0.29, 0.717) is 5.75 Å². The van der Waals surface area contributed by atoms with Crippen LogP contribution in [-0.4, -0.2) is 21.4 Å². The fourth-order valence-corrected chi connectivity index (χ4v) is 3.91. The molecule has 1 aliphatic heterocycles. The number of aliphatic carboxylic acids is 1. The van der Waals surface area contributed by atoms with Crippen LogP contribution in [0.5, 0.6) is 0 Å². The highest BCUT2D eigenvalue weighted by atomic mass is 32.2. The first-order chi connectivity index (χ1) is 9.59. The van der Waals surface area contributed by atoms with E-state index in [1.807, 2.05) is 37.3 Å². The number of thioether (sulfide) groups is 1. The Labute approximate surface area is 120 Å². The molecular formula is C15H13NO3S. The van der Waals surface area contributed by atoms with Gasteiger partial charge in [0, 0.05) is 17.4 Å². The van der Waals surface area contributed by atoms with Gasteiger partial charge in [-0.1, -0.05) is 30.3 Å². The summed E-state index contributed by atoms with van der Waals surface area (Å²) in [7, 11) is 0. The van der Waals surface area contributed by atoms with E-state index in [-0.39, 0.29) is 5.56 Å². The van der Waals surface area contributed by atoms with Crippen LogP contribution in [0, 0.1) is 6.92 Å². The number of fused-ring (bicyclic) bond motifs is 1. The normalized spacial score (nSPS) is 16.9. The van der Waals surface area contributed by atoms with Gasteiger partial charge < -0.3 is 5.11 Å². The zero-order valence-corrected chi connectivity index (χ0v) is 11.7. The van der Waals surface area contributed by atoms with Crippen LogP contribution in [0.1, 0.15) is 11.6 Å². The predicted octanol–water partition coefficient (Wildman–Crippen LogP) is 2.56. The summed E-state index contributed by atoms with van der Waals surface area (Å²) in [5.41, 5.74) is 2.60. The molecule has 0 fully saturated rings. The number of carbonyl (C=O) groups is 1. The van der Waals surface area contributed by atoms with Crippen LogP contribution in [0.3, 0.4) is 0 Å². The average molecular weight is 287 g/mol. The van der Waals surface area contributed by atoms with E-state index in [1.165, 1.54) is 22.4 Å². The summed E-state index contributed by atoms with van der Waals surface area (Å²) in [5, 5.41) is 10.0. The van der Waals surface area contributed by atoms with Crippen molar-refractivity contribution in [3.8, 4) is 11.1 Å². The number of pyridine rings is 1. The fraction of sp³-hybridized carbons (Fsp3) is 0.200. The summed E-state index contributed by atoms with van der Waals surface area (Å²) in [6.07, 6.45) is 0. The summed E-state index contributed by atoms with van der Waals surface area (Å²) < 4.78 is 1.41. The van der Waals surface area contributed by atoms with E-state index >= 15 is 0 Å². The molecule has 1 aromatic carbocycles. The molecule has 2 heterocycles. The maximum absolute atomic E-state index is 12.1. The van der Waals surface area contributed by atoms with Crippen LogP contribution in [0.25, 0.3) is 11.1 Å². The Kier molecular flexibility index (Phi) is 3.14. The van der Waals surface area contributed by atoms with E-state index in [9.17, 15) is 14.7 Å². The summed E-state index contributed by atoms with van der Waals surface area (Å²) >= 11 is 1.44. The summed E-state index contributed by atoms with van der Waals surface area (Å²) in [4.78, 5) is 23.4. The van der Waals surface area contributed by atoms with Gasteiger partial charge >= 0.3 is 5.97 Å². The highest BCUT2D eigenvalue weighted by Gasteiger charge is 2.32. The second-order valence-electron chi connectivity index (χ2n) is 4.75. The van der Waals surface area contributed by atoms with E-state index in [0.717, 1.165) is 21.7 Å². The predicted molar refractivity (Wildman–Crippen MR) is 78.3 cm³/mol. The summed E-state index contributed by atoms with van der Waals surface area (Å²) in [6, 6.07) is 10.5. The van der Waals surface area contributed by atoms with Crippen LogP contribution in [0.15, 0.2) is 46.2 Å². The second kappa shape index (κ2) is 4.83. The van der Waals surface area contributed by atoms with Crippen molar-refractivity contribution in [2.24, 2.45) is 0 Å². The molecule has 0 aliphatic carbocycles. The molecule has 1 atom stereocenters. The molecule has 0 saturated carbocycles. The van der Waals surface area contributed by atoms with Crippen molar-refractivity contribution in [3.63, 3.8) is 0 Å². The number of benzene rings is 1. The molecule has 102 valence electrons. The molecular weight excluding hydrogens is 274 g/mol. The summed E-state index contributed by atoms with van der Waals surface area (Å²) in [5.74, 6) is -0.561. The molecule has 5 heteroatoms. The zero-order valence-electron chi connectivity index (χ0n) is 10.9. The first kappa shape index (κ1) is 13.0.